The maximum atomic E-state index is 4.34. The molecule has 2 aromatic rings. The summed E-state index contributed by atoms with van der Waals surface area (Å²) < 4.78 is 0. The molecule has 0 spiro atoms. The minimum absolute atomic E-state index is 0. The molecule has 1 aliphatic rings. The van der Waals surface area contributed by atoms with E-state index in [-0.39, 0.29) is 24.0 Å². The molecule has 0 radical (unpaired) electrons. The van der Waals surface area contributed by atoms with Gasteiger partial charge in [-0.2, -0.15) is 0 Å². The van der Waals surface area contributed by atoms with Gasteiger partial charge in [-0.05, 0) is 54.8 Å². The zero-order valence-electron chi connectivity index (χ0n) is 18.5. The van der Waals surface area contributed by atoms with Crippen molar-refractivity contribution in [2.75, 3.05) is 39.1 Å². The number of aliphatic imine (C=N–C) groups is 1. The Labute approximate surface area is 199 Å². The van der Waals surface area contributed by atoms with Gasteiger partial charge in [0.25, 0.3) is 0 Å². The molecule has 0 amide bonds. The lowest BCUT2D eigenvalue weighted by atomic mass is 10.1. The van der Waals surface area contributed by atoms with Crippen LogP contribution in [0.15, 0.2) is 53.5 Å². The average Bonchev–Trinajstić information content (AvgIpc) is 2.76. The van der Waals surface area contributed by atoms with Gasteiger partial charge in [0.2, 0.25) is 0 Å². The Kier molecular flexibility index (Phi) is 10.4. The number of piperidine rings is 1. The number of nitrogens with zero attached hydrogens (tertiary/aromatic N) is 3. The van der Waals surface area contributed by atoms with E-state index in [2.05, 4.69) is 88.1 Å². The SMILES string of the molecule is CN=C(NCc1ccc(CN2CCCCC2)cc1)NCc1ccc(N(C)C)cc1.I. The second kappa shape index (κ2) is 12.8. The van der Waals surface area contributed by atoms with Crippen molar-refractivity contribution in [2.45, 2.75) is 38.9 Å². The molecule has 164 valence electrons. The maximum Gasteiger partial charge on any atom is 0.191 e. The summed E-state index contributed by atoms with van der Waals surface area (Å²) in [5.41, 5.74) is 5.12. The van der Waals surface area contributed by atoms with Gasteiger partial charge in [0.05, 0.1) is 0 Å². The van der Waals surface area contributed by atoms with Crippen LogP contribution in [-0.2, 0) is 19.6 Å². The first kappa shape index (κ1) is 24.5. The highest BCUT2D eigenvalue weighted by Gasteiger charge is 2.10. The topological polar surface area (TPSA) is 42.9 Å². The Morgan fingerprint density at radius 1 is 0.833 bits per heavy atom. The molecule has 30 heavy (non-hydrogen) atoms. The number of hydrogen-bond donors (Lipinski definition) is 2. The van der Waals surface area contributed by atoms with Crippen molar-refractivity contribution in [3.63, 3.8) is 0 Å². The zero-order valence-corrected chi connectivity index (χ0v) is 20.9. The molecule has 0 bridgehead atoms. The smallest absolute Gasteiger partial charge is 0.191 e. The molecule has 1 fully saturated rings. The molecular weight excluding hydrogens is 485 g/mol. The fourth-order valence-electron chi connectivity index (χ4n) is 3.64. The number of benzene rings is 2. The van der Waals surface area contributed by atoms with Crippen LogP contribution in [-0.4, -0.2) is 45.1 Å². The Bertz CT molecular complexity index is 765. The van der Waals surface area contributed by atoms with Crippen LogP contribution in [0.2, 0.25) is 0 Å². The first-order chi connectivity index (χ1) is 14.1. The summed E-state index contributed by atoms with van der Waals surface area (Å²) in [5, 5.41) is 6.80. The maximum absolute atomic E-state index is 4.34. The van der Waals surface area contributed by atoms with E-state index < -0.39 is 0 Å². The van der Waals surface area contributed by atoms with Crippen LogP contribution in [0.1, 0.15) is 36.0 Å². The quantitative estimate of drug-likeness (QED) is 0.326. The highest BCUT2D eigenvalue weighted by molar-refractivity contribution is 14.0. The summed E-state index contributed by atoms with van der Waals surface area (Å²) in [6, 6.07) is 17.5. The molecular formula is C24H36IN5. The lowest BCUT2D eigenvalue weighted by molar-refractivity contribution is 0.221. The minimum atomic E-state index is 0. The van der Waals surface area contributed by atoms with Gasteiger partial charge < -0.3 is 15.5 Å². The van der Waals surface area contributed by atoms with Gasteiger partial charge in [0, 0.05) is 46.5 Å². The molecule has 2 N–H and O–H groups in total. The van der Waals surface area contributed by atoms with E-state index in [9.17, 15) is 0 Å². The zero-order chi connectivity index (χ0) is 20.5. The van der Waals surface area contributed by atoms with Crippen LogP contribution in [0, 0.1) is 0 Å². The van der Waals surface area contributed by atoms with Crippen LogP contribution in [0.25, 0.3) is 0 Å². The standard InChI is InChI=1S/C24H35N5.HI/c1-25-24(27-18-21-11-13-23(14-12-21)28(2)3)26-17-20-7-9-22(10-8-20)19-29-15-5-4-6-16-29;/h7-14H,4-6,15-19H2,1-3H3,(H2,25,26,27);1H. The van der Waals surface area contributed by atoms with Crippen molar-refractivity contribution in [1.29, 1.82) is 0 Å². The van der Waals surface area contributed by atoms with E-state index in [4.69, 9.17) is 0 Å². The molecule has 0 unspecified atom stereocenters. The van der Waals surface area contributed by atoms with Crippen molar-refractivity contribution >= 4 is 35.6 Å². The van der Waals surface area contributed by atoms with E-state index in [1.54, 1.807) is 0 Å². The van der Waals surface area contributed by atoms with Crippen molar-refractivity contribution in [2.24, 2.45) is 4.99 Å². The third kappa shape index (κ3) is 7.80. The molecule has 1 saturated heterocycles. The summed E-state index contributed by atoms with van der Waals surface area (Å²) in [6.45, 7) is 5.07. The molecule has 3 rings (SSSR count). The number of hydrogen-bond acceptors (Lipinski definition) is 3. The van der Waals surface area contributed by atoms with Gasteiger partial charge in [-0.1, -0.05) is 42.8 Å². The highest BCUT2D eigenvalue weighted by Crippen LogP contribution is 2.14. The molecule has 0 aliphatic carbocycles. The van der Waals surface area contributed by atoms with Crippen LogP contribution >= 0.6 is 24.0 Å². The Morgan fingerprint density at radius 3 is 1.83 bits per heavy atom. The van der Waals surface area contributed by atoms with Crippen LogP contribution in [0.5, 0.6) is 0 Å². The van der Waals surface area contributed by atoms with Crippen LogP contribution < -0.4 is 15.5 Å². The third-order valence-corrected chi connectivity index (χ3v) is 5.47. The lowest BCUT2D eigenvalue weighted by Gasteiger charge is -2.26. The number of likely N-dealkylation sites (tertiary alicyclic amines) is 1. The number of rotatable bonds is 7. The predicted molar refractivity (Wildman–Crippen MR) is 139 cm³/mol. The first-order valence-electron chi connectivity index (χ1n) is 10.6. The summed E-state index contributed by atoms with van der Waals surface area (Å²) in [6.07, 6.45) is 4.07. The Morgan fingerprint density at radius 2 is 1.33 bits per heavy atom. The summed E-state index contributed by atoms with van der Waals surface area (Å²) in [4.78, 5) is 9.01. The van der Waals surface area contributed by atoms with E-state index in [0.717, 1.165) is 25.6 Å². The van der Waals surface area contributed by atoms with Gasteiger partial charge in [-0.15, -0.1) is 24.0 Å². The Hall–Kier alpha value is -1.80. The van der Waals surface area contributed by atoms with Crippen LogP contribution in [0.3, 0.4) is 0 Å². The average molecular weight is 521 g/mol. The van der Waals surface area contributed by atoms with E-state index in [1.807, 2.05) is 7.05 Å². The van der Waals surface area contributed by atoms with Gasteiger partial charge in [-0.3, -0.25) is 9.89 Å². The van der Waals surface area contributed by atoms with Gasteiger partial charge in [0.15, 0.2) is 5.96 Å². The molecule has 1 heterocycles. The molecule has 2 aromatic carbocycles. The van der Waals surface area contributed by atoms with Gasteiger partial charge >= 0.3 is 0 Å². The van der Waals surface area contributed by atoms with E-state index >= 15 is 0 Å². The fourth-order valence-corrected chi connectivity index (χ4v) is 3.64. The van der Waals surface area contributed by atoms with Crippen LogP contribution in [0.4, 0.5) is 5.69 Å². The third-order valence-electron chi connectivity index (χ3n) is 5.47. The van der Waals surface area contributed by atoms with Crippen molar-refractivity contribution in [1.82, 2.24) is 15.5 Å². The normalized spacial score (nSPS) is 14.7. The minimum Gasteiger partial charge on any atom is -0.378 e. The van der Waals surface area contributed by atoms with Gasteiger partial charge in [0.1, 0.15) is 0 Å². The summed E-state index contributed by atoms with van der Waals surface area (Å²) >= 11 is 0. The van der Waals surface area contributed by atoms with E-state index in [1.165, 1.54) is 54.7 Å². The molecule has 0 saturated carbocycles. The van der Waals surface area contributed by atoms with Gasteiger partial charge in [-0.25, -0.2) is 0 Å². The Balaban J connectivity index is 0.00000320. The highest BCUT2D eigenvalue weighted by atomic mass is 127. The lowest BCUT2D eigenvalue weighted by Crippen LogP contribution is -2.36. The van der Waals surface area contributed by atoms with Crippen molar-refractivity contribution in [3.05, 3.63) is 65.2 Å². The van der Waals surface area contributed by atoms with Crippen molar-refractivity contribution in [3.8, 4) is 0 Å². The molecule has 1 aliphatic heterocycles. The number of nitrogens with one attached hydrogen (secondary N) is 2. The number of guanidine groups is 1. The molecule has 6 heteroatoms. The molecule has 5 nitrogen and oxygen atoms in total. The molecule has 0 atom stereocenters. The van der Waals surface area contributed by atoms with Crippen molar-refractivity contribution < 1.29 is 0 Å². The summed E-state index contributed by atoms with van der Waals surface area (Å²) in [5.74, 6) is 0.819. The van der Waals surface area contributed by atoms with E-state index in [0.29, 0.717) is 0 Å². The number of anilines is 1. The second-order valence-electron chi connectivity index (χ2n) is 7.99. The molecule has 0 aromatic heterocycles. The second-order valence-corrected chi connectivity index (χ2v) is 7.99. The largest absolute Gasteiger partial charge is 0.378 e. The predicted octanol–water partition coefficient (Wildman–Crippen LogP) is 4.22. The number of halogens is 1. The summed E-state index contributed by atoms with van der Waals surface area (Å²) in [7, 11) is 5.92. The monoisotopic (exact) mass is 521 g/mol. The first-order valence-corrected chi connectivity index (χ1v) is 10.6. The fraction of sp³-hybridized carbons (Fsp3) is 0.458.